The van der Waals surface area contributed by atoms with Crippen LogP contribution in [0.4, 0.5) is 23.2 Å². The van der Waals surface area contributed by atoms with Crippen molar-refractivity contribution >= 4 is 5.69 Å². The van der Waals surface area contributed by atoms with Crippen LogP contribution in [0.3, 0.4) is 0 Å². The van der Waals surface area contributed by atoms with Crippen molar-refractivity contribution in [3.8, 4) is 6.07 Å². The van der Waals surface area contributed by atoms with Crippen LogP contribution in [0.25, 0.3) is 0 Å². The largest absolute Gasteiger partial charge is 0.411 e. The SMILES string of the molecule is N#Cc1cc(F)ccc1NCCCOCC(F)(F)F. The highest BCUT2D eigenvalue weighted by Gasteiger charge is 2.27. The zero-order valence-corrected chi connectivity index (χ0v) is 9.93. The summed E-state index contributed by atoms with van der Waals surface area (Å²) in [4.78, 5) is 0. The predicted octanol–water partition coefficient (Wildman–Crippen LogP) is 3.08. The van der Waals surface area contributed by atoms with Crippen molar-refractivity contribution in [1.82, 2.24) is 0 Å². The minimum Gasteiger partial charge on any atom is -0.384 e. The monoisotopic (exact) mass is 276 g/mol. The first-order valence-electron chi connectivity index (χ1n) is 5.50. The van der Waals surface area contributed by atoms with E-state index in [2.05, 4.69) is 10.1 Å². The van der Waals surface area contributed by atoms with Gasteiger partial charge in [-0.3, -0.25) is 0 Å². The van der Waals surface area contributed by atoms with Gasteiger partial charge in [0, 0.05) is 13.2 Å². The number of anilines is 1. The van der Waals surface area contributed by atoms with E-state index in [0.717, 1.165) is 6.07 Å². The molecule has 0 radical (unpaired) electrons. The number of ether oxygens (including phenoxy) is 1. The fourth-order valence-electron chi connectivity index (χ4n) is 1.35. The summed E-state index contributed by atoms with van der Waals surface area (Å²) in [6, 6.07) is 5.52. The second kappa shape index (κ2) is 6.95. The van der Waals surface area contributed by atoms with Gasteiger partial charge >= 0.3 is 6.18 Å². The number of nitriles is 1. The van der Waals surface area contributed by atoms with Gasteiger partial charge in [-0.25, -0.2) is 4.39 Å². The van der Waals surface area contributed by atoms with Crippen molar-refractivity contribution < 1.29 is 22.3 Å². The maximum Gasteiger partial charge on any atom is 0.411 e. The summed E-state index contributed by atoms with van der Waals surface area (Å²) < 4.78 is 52.5. The molecule has 3 nitrogen and oxygen atoms in total. The molecule has 0 amide bonds. The van der Waals surface area contributed by atoms with Crippen molar-refractivity contribution in [3.63, 3.8) is 0 Å². The molecule has 1 rings (SSSR count). The minimum atomic E-state index is -4.32. The summed E-state index contributed by atoms with van der Waals surface area (Å²) in [7, 11) is 0. The van der Waals surface area contributed by atoms with Crippen molar-refractivity contribution in [3.05, 3.63) is 29.6 Å². The average molecular weight is 276 g/mol. The molecule has 0 unspecified atom stereocenters. The lowest BCUT2D eigenvalue weighted by molar-refractivity contribution is -0.173. The fraction of sp³-hybridized carbons (Fsp3) is 0.417. The van der Waals surface area contributed by atoms with Crippen LogP contribution < -0.4 is 5.32 Å². The van der Waals surface area contributed by atoms with Crippen LogP contribution in [-0.2, 0) is 4.74 Å². The Bertz CT molecular complexity index is 454. The topological polar surface area (TPSA) is 45.0 Å². The normalized spacial score (nSPS) is 11.1. The first-order valence-corrected chi connectivity index (χ1v) is 5.50. The lowest BCUT2D eigenvalue weighted by atomic mass is 10.2. The van der Waals surface area contributed by atoms with Gasteiger partial charge in [0.15, 0.2) is 0 Å². The van der Waals surface area contributed by atoms with E-state index >= 15 is 0 Å². The molecule has 0 aromatic heterocycles. The number of nitrogens with zero attached hydrogens (tertiary/aromatic N) is 1. The second-order valence-corrected chi connectivity index (χ2v) is 3.75. The number of hydrogen-bond donors (Lipinski definition) is 1. The number of halogens is 4. The second-order valence-electron chi connectivity index (χ2n) is 3.75. The Hall–Kier alpha value is -1.81. The first-order chi connectivity index (χ1) is 8.92. The van der Waals surface area contributed by atoms with Crippen molar-refractivity contribution in [2.24, 2.45) is 0 Å². The quantitative estimate of drug-likeness (QED) is 0.641. The van der Waals surface area contributed by atoms with Gasteiger partial charge in [-0.05, 0) is 24.6 Å². The zero-order chi connectivity index (χ0) is 14.3. The van der Waals surface area contributed by atoms with E-state index in [-0.39, 0.29) is 12.2 Å². The Balaban J connectivity index is 2.29. The number of benzene rings is 1. The molecule has 0 heterocycles. The summed E-state index contributed by atoms with van der Waals surface area (Å²) in [5, 5.41) is 11.6. The fourth-order valence-corrected chi connectivity index (χ4v) is 1.35. The molecule has 0 aliphatic heterocycles. The maximum absolute atomic E-state index is 12.8. The highest BCUT2D eigenvalue weighted by atomic mass is 19.4. The molecule has 0 aliphatic rings. The van der Waals surface area contributed by atoms with Gasteiger partial charge in [-0.2, -0.15) is 18.4 Å². The molecule has 0 saturated carbocycles. The molecule has 0 aliphatic carbocycles. The van der Waals surface area contributed by atoms with E-state index in [1.54, 1.807) is 0 Å². The average Bonchev–Trinajstić information content (AvgIpc) is 2.33. The number of nitrogens with one attached hydrogen (secondary N) is 1. The van der Waals surface area contributed by atoms with E-state index < -0.39 is 18.6 Å². The third-order valence-corrected chi connectivity index (χ3v) is 2.15. The predicted molar refractivity (Wildman–Crippen MR) is 61.1 cm³/mol. The van der Waals surface area contributed by atoms with Crippen molar-refractivity contribution in [2.45, 2.75) is 12.6 Å². The van der Waals surface area contributed by atoms with Crippen LogP contribution in [0, 0.1) is 17.1 Å². The number of hydrogen-bond acceptors (Lipinski definition) is 3. The number of alkyl halides is 3. The van der Waals surface area contributed by atoms with Gasteiger partial charge < -0.3 is 10.1 Å². The van der Waals surface area contributed by atoms with Crippen LogP contribution in [0.2, 0.25) is 0 Å². The molecule has 104 valence electrons. The lowest BCUT2D eigenvalue weighted by Crippen LogP contribution is -2.18. The summed E-state index contributed by atoms with van der Waals surface area (Å²) in [5.74, 6) is -0.518. The Morgan fingerprint density at radius 2 is 2.05 bits per heavy atom. The van der Waals surface area contributed by atoms with E-state index in [1.807, 2.05) is 6.07 Å². The summed E-state index contributed by atoms with van der Waals surface area (Å²) in [6.07, 6.45) is -3.98. The van der Waals surface area contributed by atoms with Crippen LogP contribution >= 0.6 is 0 Å². The Kier molecular flexibility index (Phi) is 5.57. The van der Waals surface area contributed by atoms with Crippen molar-refractivity contribution in [1.29, 1.82) is 5.26 Å². The zero-order valence-electron chi connectivity index (χ0n) is 9.93. The smallest absolute Gasteiger partial charge is 0.384 e. The molecule has 0 bridgehead atoms. The summed E-state index contributed by atoms with van der Waals surface area (Å²) >= 11 is 0. The minimum absolute atomic E-state index is 0.0460. The molecule has 19 heavy (non-hydrogen) atoms. The maximum atomic E-state index is 12.8. The molecule has 1 N–H and O–H groups in total. The molecule has 0 saturated heterocycles. The molecule has 1 aromatic rings. The highest BCUT2D eigenvalue weighted by molar-refractivity contribution is 5.57. The Morgan fingerprint density at radius 1 is 1.32 bits per heavy atom. The van der Waals surface area contributed by atoms with Crippen LogP contribution in [-0.4, -0.2) is 25.9 Å². The third kappa shape index (κ3) is 6.06. The molecule has 7 heteroatoms. The van der Waals surface area contributed by atoms with Gasteiger partial charge in [0.2, 0.25) is 0 Å². The van der Waals surface area contributed by atoms with E-state index in [1.165, 1.54) is 12.1 Å². The van der Waals surface area contributed by atoms with Crippen molar-refractivity contribution in [2.75, 3.05) is 25.1 Å². The summed E-state index contributed by atoms with van der Waals surface area (Å²) in [5.41, 5.74) is 0.593. The molecule has 0 spiro atoms. The molecule has 0 fully saturated rings. The summed E-state index contributed by atoms with van der Waals surface area (Å²) in [6.45, 7) is -0.985. The Labute approximate surface area is 107 Å². The van der Waals surface area contributed by atoms with E-state index in [9.17, 15) is 17.6 Å². The standard InChI is InChI=1S/C12H12F4N2O/c13-10-2-3-11(9(6-10)7-17)18-4-1-5-19-8-12(14,15)16/h2-3,6,18H,1,4-5,8H2. The Morgan fingerprint density at radius 3 is 2.68 bits per heavy atom. The first kappa shape index (κ1) is 15.2. The molecular weight excluding hydrogens is 264 g/mol. The third-order valence-electron chi connectivity index (χ3n) is 2.15. The lowest BCUT2D eigenvalue weighted by Gasteiger charge is -2.09. The van der Waals surface area contributed by atoms with Gasteiger partial charge in [-0.1, -0.05) is 0 Å². The molecular formula is C12H12F4N2O. The molecule has 0 atom stereocenters. The van der Waals surface area contributed by atoms with Crippen LogP contribution in [0.5, 0.6) is 0 Å². The highest BCUT2D eigenvalue weighted by Crippen LogP contribution is 2.16. The van der Waals surface area contributed by atoms with E-state index in [4.69, 9.17) is 5.26 Å². The molecule has 1 aromatic carbocycles. The van der Waals surface area contributed by atoms with Gasteiger partial charge in [0.1, 0.15) is 18.5 Å². The van der Waals surface area contributed by atoms with Gasteiger partial charge in [-0.15, -0.1) is 0 Å². The van der Waals surface area contributed by atoms with Crippen LogP contribution in [0.1, 0.15) is 12.0 Å². The van der Waals surface area contributed by atoms with E-state index in [0.29, 0.717) is 18.7 Å². The van der Waals surface area contributed by atoms with Gasteiger partial charge in [0.25, 0.3) is 0 Å². The van der Waals surface area contributed by atoms with Gasteiger partial charge in [0.05, 0.1) is 11.3 Å². The number of rotatable bonds is 6. The van der Waals surface area contributed by atoms with Crippen LogP contribution in [0.15, 0.2) is 18.2 Å².